The number of aliphatic hydroxyl groups excluding tert-OH is 1. The minimum atomic E-state index is -1.06. The standard InChI is InChI=1S/C16H21NO6/c1-16(2)22-12-11(21-14(18)13(12)23-16)8-17-15(19)20-9-10-6-4-3-5-7-10/h3-7,11-14,18H,8-9H2,1-2H3,(H,17,19)/t11-,12+,13+,14?/m1/s1. The fraction of sp³-hybridized carbons (Fsp3) is 0.562. The maximum atomic E-state index is 11.8. The molecular weight excluding hydrogens is 302 g/mol. The lowest BCUT2D eigenvalue weighted by Gasteiger charge is -2.22. The fourth-order valence-electron chi connectivity index (χ4n) is 2.78. The first-order valence-electron chi connectivity index (χ1n) is 7.58. The number of carbonyl (C=O) groups excluding carboxylic acids is 1. The minimum Gasteiger partial charge on any atom is -0.445 e. The number of rotatable bonds is 4. The molecular formula is C16H21NO6. The molecule has 1 amide bonds. The van der Waals surface area contributed by atoms with E-state index >= 15 is 0 Å². The van der Waals surface area contributed by atoms with Crippen molar-refractivity contribution in [3.63, 3.8) is 0 Å². The molecule has 23 heavy (non-hydrogen) atoms. The lowest BCUT2D eigenvalue weighted by atomic mass is 10.1. The molecule has 2 heterocycles. The Balaban J connectivity index is 1.46. The van der Waals surface area contributed by atoms with E-state index in [0.717, 1.165) is 5.56 Å². The molecule has 2 aliphatic heterocycles. The molecule has 0 saturated carbocycles. The van der Waals surface area contributed by atoms with E-state index in [2.05, 4.69) is 5.32 Å². The third-order valence-corrected chi connectivity index (χ3v) is 3.79. The van der Waals surface area contributed by atoms with E-state index in [-0.39, 0.29) is 13.2 Å². The number of nitrogens with one attached hydrogen (secondary N) is 1. The number of ether oxygens (including phenoxy) is 4. The van der Waals surface area contributed by atoms with Gasteiger partial charge in [0.05, 0.1) is 0 Å². The van der Waals surface area contributed by atoms with Gasteiger partial charge in [-0.15, -0.1) is 0 Å². The van der Waals surface area contributed by atoms with Gasteiger partial charge < -0.3 is 29.4 Å². The van der Waals surface area contributed by atoms with E-state index < -0.39 is 36.5 Å². The van der Waals surface area contributed by atoms with Gasteiger partial charge in [-0.2, -0.15) is 0 Å². The molecule has 1 aromatic carbocycles. The van der Waals surface area contributed by atoms with Crippen molar-refractivity contribution in [2.24, 2.45) is 0 Å². The molecule has 3 rings (SSSR count). The van der Waals surface area contributed by atoms with Crippen molar-refractivity contribution < 1.29 is 28.8 Å². The SMILES string of the molecule is CC1(C)O[C@@H]2[C@H](O1)C(O)O[C@@H]2CNC(=O)OCc1ccccc1. The summed E-state index contributed by atoms with van der Waals surface area (Å²) in [6.45, 7) is 3.91. The van der Waals surface area contributed by atoms with Crippen LogP contribution < -0.4 is 5.32 Å². The van der Waals surface area contributed by atoms with E-state index in [1.165, 1.54) is 0 Å². The van der Waals surface area contributed by atoms with E-state index in [1.807, 2.05) is 30.3 Å². The van der Waals surface area contributed by atoms with E-state index in [4.69, 9.17) is 18.9 Å². The van der Waals surface area contributed by atoms with Crippen molar-refractivity contribution in [3.8, 4) is 0 Å². The Bertz CT molecular complexity index is 549. The van der Waals surface area contributed by atoms with E-state index in [9.17, 15) is 9.90 Å². The van der Waals surface area contributed by atoms with Crippen molar-refractivity contribution in [3.05, 3.63) is 35.9 Å². The van der Waals surface area contributed by atoms with Crippen molar-refractivity contribution in [2.75, 3.05) is 6.54 Å². The molecule has 2 N–H and O–H groups in total. The highest BCUT2D eigenvalue weighted by molar-refractivity contribution is 5.67. The zero-order valence-electron chi connectivity index (χ0n) is 13.1. The number of amides is 1. The summed E-state index contributed by atoms with van der Waals surface area (Å²) in [4.78, 5) is 11.8. The van der Waals surface area contributed by atoms with Gasteiger partial charge in [-0.3, -0.25) is 0 Å². The monoisotopic (exact) mass is 323 g/mol. The largest absolute Gasteiger partial charge is 0.445 e. The number of fused-ring (bicyclic) bond motifs is 1. The summed E-state index contributed by atoms with van der Waals surface area (Å²) in [6.07, 6.45) is -3.06. The second-order valence-electron chi connectivity index (χ2n) is 6.07. The highest BCUT2D eigenvalue weighted by Gasteiger charge is 2.54. The maximum absolute atomic E-state index is 11.8. The lowest BCUT2D eigenvalue weighted by Crippen LogP contribution is -2.40. The Hall–Kier alpha value is -1.67. The zero-order valence-corrected chi connectivity index (χ0v) is 13.1. The molecule has 126 valence electrons. The Morgan fingerprint density at radius 2 is 1.96 bits per heavy atom. The first-order valence-corrected chi connectivity index (χ1v) is 7.58. The summed E-state index contributed by atoms with van der Waals surface area (Å²) in [7, 11) is 0. The summed E-state index contributed by atoms with van der Waals surface area (Å²) in [6, 6.07) is 9.40. The second kappa shape index (κ2) is 6.45. The molecule has 0 aliphatic carbocycles. The van der Waals surface area contributed by atoms with Crippen molar-refractivity contribution in [1.29, 1.82) is 0 Å². The number of alkyl carbamates (subject to hydrolysis) is 1. The molecule has 0 radical (unpaired) electrons. The van der Waals surface area contributed by atoms with Gasteiger partial charge in [0, 0.05) is 6.54 Å². The van der Waals surface area contributed by atoms with Crippen molar-refractivity contribution >= 4 is 6.09 Å². The van der Waals surface area contributed by atoms with Crippen LogP contribution in [0.5, 0.6) is 0 Å². The average Bonchev–Trinajstić information content (AvgIpc) is 2.99. The third kappa shape index (κ3) is 3.81. The van der Waals surface area contributed by atoms with Gasteiger partial charge >= 0.3 is 6.09 Å². The molecule has 7 nitrogen and oxygen atoms in total. The quantitative estimate of drug-likeness (QED) is 0.864. The van der Waals surface area contributed by atoms with Crippen molar-refractivity contribution in [2.45, 2.75) is 50.8 Å². The Kier molecular flexibility index (Phi) is 4.54. The highest BCUT2D eigenvalue weighted by Crippen LogP contribution is 2.37. The normalized spacial score (nSPS) is 31.6. The van der Waals surface area contributed by atoms with Crippen LogP contribution in [0.15, 0.2) is 30.3 Å². The van der Waals surface area contributed by atoms with E-state index in [1.54, 1.807) is 13.8 Å². The first kappa shape index (κ1) is 16.2. The van der Waals surface area contributed by atoms with Gasteiger partial charge in [0.1, 0.15) is 24.9 Å². The molecule has 1 aromatic rings. The van der Waals surface area contributed by atoms with Crippen LogP contribution in [0, 0.1) is 0 Å². The van der Waals surface area contributed by atoms with Gasteiger partial charge in [-0.05, 0) is 19.4 Å². The van der Waals surface area contributed by atoms with Crippen LogP contribution in [0.4, 0.5) is 4.79 Å². The van der Waals surface area contributed by atoms with Gasteiger partial charge in [0.15, 0.2) is 12.1 Å². The summed E-state index contributed by atoms with van der Waals surface area (Å²) < 4.78 is 21.8. The van der Waals surface area contributed by atoms with Crippen LogP contribution in [-0.4, -0.2) is 48.1 Å². The third-order valence-electron chi connectivity index (χ3n) is 3.79. The van der Waals surface area contributed by atoms with Gasteiger partial charge in [-0.25, -0.2) is 4.79 Å². The molecule has 2 aliphatic rings. The average molecular weight is 323 g/mol. The second-order valence-corrected chi connectivity index (χ2v) is 6.07. The highest BCUT2D eigenvalue weighted by atomic mass is 16.8. The summed E-state index contributed by atoms with van der Waals surface area (Å²) in [5.41, 5.74) is 0.907. The topological polar surface area (TPSA) is 86.3 Å². The van der Waals surface area contributed by atoms with Gasteiger partial charge in [-0.1, -0.05) is 30.3 Å². The summed E-state index contributed by atoms with van der Waals surface area (Å²) >= 11 is 0. The Labute approximate surface area is 134 Å². The summed E-state index contributed by atoms with van der Waals surface area (Å²) in [5, 5.41) is 12.5. The number of carbonyl (C=O) groups is 1. The zero-order chi connectivity index (χ0) is 16.4. The van der Waals surface area contributed by atoms with Crippen LogP contribution in [0.2, 0.25) is 0 Å². The van der Waals surface area contributed by atoms with Crippen LogP contribution in [-0.2, 0) is 25.6 Å². The van der Waals surface area contributed by atoms with Crippen LogP contribution in [0.25, 0.3) is 0 Å². The molecule has 1 unspecified atom stereocenters. The van der Waals surface area contributed by atoms with Crippen LogP contribution in [0.1, 0.15) is 19.4 Å². The fourth-order valence-corrected chi connectivity index (χ4v) is 2.78. The predicted octanol–water partition coefficient (Wildman–Crippen LogP) is 1.15. The van der Waals surface area contributed by atoms with Crippen LogP contribution in [0.3, 0.4) is 0 Å². The predicted molar refractivity (Wildman–Crippen MR) is 79.3 cm³/mol. The summed E-state index contributed by atoms with van der Waals surface area (Å²) in [5.74, 6) is -0.772. The number of aliphatic hydroxyl groups is 1. The maximum Gasteiger partial charge on any atom is 0.407 e. The van der Waals surface area contributed by atoms with Crippen molar-refractivity contribution in [1.82, 2.24) is 5.32 Å². The molecule has 2 saturated heterocycles. The number of hydrogen-bond acceptors (Lipinski definition) is 6. The lowest BCUT2D eigenvalue weighted by molar-refractivity contribution is -0.219. The van der Waals surface area contributed by atoms with Gasteiger partial charge in [0.2, 0.25) is 0 Å². The van der Waals surface area contributed by atoms with E-state index in [0.29, 0.717) is 0 Å². The molecule has 7 heteroatoms. The molecule has 0 aromatic heterocycles. The smallest absolute Gasteiger partial charge is 0.407 e. The molecule has 4 atom stereocenters. The Morgan fingerprint density at radius 1 is 1.26 bits per heavy atom. The van der Waals surface area contributed by atoms with Gasteiger partial charge in [0.25, 0.3) is 0 Å². The minimum absolute atomic E-state index is 0.172. The number of benzene rings is 1. The molecule has 0 bridgehead atoms. The molecule has 2 fully saturated rings. The number of hydrogen-bond donors (Lipinski definition) is 2. The first-order chi connectivity index (χ1) is 10.9. The van der Waals surface area contributed by atoms with Crippen LogP contribution >= 0.6 is 0 Å². The molecule has 0 spiro atoms. The Morgan fingerprint density at radius 3 is 2.70 bits per heavy atom.